The van der Waals surface area contributed by atoms with Gasteiger partial charge in [-0.15, -0.1) is 11.3 Å². The Bertz CT molecular complexity index is 909. The van der Waals surface area contributed by atoms with E-state index in [-0.39, 0.29) is 11.9 Å². The first-order chi connectivity index (χ1) is 11.6. The van der Waals surface area contributed by atoms with Crippen LogP contribution in [0.5, 0.6) is 5.75 Å². The van der Waals surface area contributed by atoms with Crippen molar-refractivity contribution in [3.63, 3.8) is 0 Å². The summed E-state index contributed by atoms with van der Waals surface area (Å²) >= 11 is 1.51. The van der Waals surface area contributed by atoms with Gasteiger partial charge in [-0.3, -0.25) is 4.79 Å². The highest BCUT2D eigenvalue weighted by Gasteiger charge is 2.23. The summed E-state index contributed by atoms with van der Waals surface area (Å²) in [5.41, 5.74) is 2.11. The molecule has 1 unspecified atom stereocenters. The highest BCUT2D eigenvalue weighted by atomic mass is 32.1. The second-order valence-electron chi connectivity index (χ2n) is 5.89. The number of fused-ring (bicyclic) bond motifs is 3. The quantitative estimate of drug-likeness (QED) is 0.752. The summed E-state index contributed by atoms with van der Waals surface area (Å²) in [6.45, 7) is 4.31. The smallest absolute Gasteiger partial charge is 0.261 e. The number of thiophene rings is 1. The molecule has 0 spiro atoms. The molecule has 1 atom stereocenters. The molecule has 1 N–H and O–H groups in total. The van der Waals surface area contributed by atoms with Crippen molar-refractivity contribution < 1.29 is 13.9 Å². The van der Waals surface area contributed by atoms with E-state index in [1.807, 2.05) is 56.3 Å². The normalized spacial score (nSPS) is 13.6. The van der Waals surface area contributed by atoms with Gasteiger partial charge in [0.15, 0.2) is 0 Å². The number of carbonyl (C=O) groups excluding carboxylic acids is 1. The maximum atomic E-state index is 12.6. The molecule has 3 heterocycles. The third-order valence-corrected chi connectivity index (χ3v) is 5.29. The molecule has 24 heavy (non-hydrogen) atoms. The second kappa shape index (κ2) is 5.83. The maximum absolute atomic E-state index is 12.6. The summed E-state index contributed by atoms with van der Waals surface area (Å²) in [7, 11) is 0. The molecule has 0 bridgehead atoms. The van der Waals surface area contributed by atoms with Crippen LogP contribution in [0.25, 0.3) is 10.4 Å². The number of hydrogen-bond donors (Lipinski definition) is 1. The molecule has 0 saturated carbocycles. The van der Waals surface area contributed by atoms with Crippen LogP contribution < -0.4 is 10.1 Å². The summed E-state index contributed by atoms with van der Waals surface area (Å²) in [5, 5.41) is 3.00. The number of hydrogen-bond acceptors (Lipinski definition) is 4. The van der Waals surface area contributed by atoms with Gasteiger partial charge in [-0.2, -0.15) is 0 Å². The molecule has 1 amide bonds. The molecule has 1 aliphatic heterocycles. The minimum absolute atomic E-state index is 0.0894. The Morgan fingerprint density at radius 3 is 2.88 bits per heavy atom. The van der Waals surface area contributed by atoms with Crippen molar-refractivity contribution in [1.82, 2.24) is 5.32 Å². The van der Waals surface area contributed by atoms with Gasteiger partial charge in [0.05, 0.1) is 10.9 Å². The zero-order valence-electron chi connectivity index (χ0n) is 13.5. The van der Waals surface area contributed by atoms with E-state index in [2.05, 4.69) is 5.32 Å². The van der Waals surface area contributed by atoms with Gasteiger partial charge < -0.3 is 14.5 Å². The third-order valence-electron chi connectivity index (χ3n) is 4.08. The number of carbonyl (C=O) groups is 1. The molecule has 4 nitrogen and oxygen atoms in total. The monoisotopic (exact) mass is 339 g/mol. The average molecular weight is 339 g/mol. The van der Waals surface area contributed by atoms with Crippen LogP contribution in [0, 0.1) is 6.92 Å². The number of aryl methyl sites for hydroxylation is 1. The Kier molecular flexibility index (Phi) is 3.65. The molecule has 1 aliphatic rings. The fourth-order valence-electron chi connectivity index (χ4n) is 2.84. The first-order valence-electron chi connectivity index (χ1n) is 7.84. The largest absolute Gasteiger partial charge is 0.488 e. The van der Waals surface area contributed by atoms with Crippen molar-refractivity contribution in [3.05, 3.63) is 64.4 Å². The molecule has 0 fully saturated rings. The summed E-state index contributed by atoms with van der Waals surface area (Å²) in [6.07, 6.45) is 0. The molecule has 122 valence electrons. The molecule has 1 aromatic carbocycles. The summed E-state index contributed by atoms with van der Waals surface area (Å²) in [6, 6.07) is 13.5. The standard InChI is InChI=1S/C19H17NO3S/c1-11-7-8-15(23-11)12(2)20-19(21)17-9-13-10-22-16-6-4-3-5-14(16)18(13)24-17/h3-9,12H,10H2,1-2H3,(H,20,21). The van der Waals surface area contributed by atoms with Crippen molar-refractivity contribution in [2.24, 2.45) is 0 Å². The van der Waals surface area contributed by atoms with Gasteiger partial charge in [0.2, 0.25) is 0 Å². The molecule has 5 heteroatoms. The topological polar surface area (TPSA) is 51.5 Å². The number of nitrogens with one attached hydrogen (secondary N) is 1. The molecule has 2 aromatic heterocycles. The molecule has 0 radical (unpaired) electrons. The van der Waals surface area contributed by atoms with Crippen LogP contribution in [0.2, 0.25) is 0 Å². The van der Waals surface area contributed by atoms with Crippen molar-refractivity contribution in [2.75, 3.05) is 0 Å². The summed E-state index contributed by atoms with van der Waals surface area (Å²) in [4.78, 5) is 14.4. The lowest BCUT2D eigenvalue weighted by Gasteiger charge is -2.16. The first-order valence-corrected chi connectivity index (χ1v) is 8.65. The lowest BCUT2D eigenvalue weighted by molar-refractivity contribution is 0.0939. The predicted molar refractivity (Wildman–Crippen MR) is 93.4 cm³/mol. The number of rotatable bonds is 3. The van der Waals surface area contributed by atoms with Gasteiger partial charge in [0.1, 0.15) is 23.9 Å². The van der Waals surface area contributed by atoms with E-state index >= 15 is 0 Å². The van der Waals surface area contributed by atoms with E-state index in [0.29, 0.717) is 11.5 Å². The van der Waals surface area contributed by atoms with Crippen molar-refractivity contribution in [3.8, 4) is 16.2 Å². The van der Waals surface area contributed by atoms with Gasteiger partial charge in [-0.25, -0.2) is 0 Å². The van der Waals surface area contributed by atoms with Crippen molar-refractivity contribution in [1.29, 1.82) is 0 Å². The van der Waals surface area contributed by atoms with E-state index in [1.165, 1.54) is 11.3 Å². The van der Waals surface area contributed by atoms with E-state index in [0.717, 1.165) is 33.3 Å². The Hall–Kier alpha value is -2.53. The number of para-hydroxylation sites is 1. The van der Waals surface area contributed by atoms with Gasteiger partial charge in [0.25, 0.3) is 5.91 Å². The third kappa shape index (κ3) is 2.61. The van der Waals surface area contributed by atoms with Crippen LogP contribution >= 0.6 is 11.3 Å². The van der Waals surface area contributed by atoms with Crippen LogP contribution in [0.1, 0.15) is 39.7 Å². The van der Waals surface area contributed by atoms with E-state index in [1.54, 1.807) is 0 Å². The number of furan rings is 1. The lowest BCUT2D eigenvalue weighted by Crippen LogP contribution is -2.25. The Labute approximate surface area is 144 Å². The van der Waals surface area contributed by atoms with E-state index in [4.69, 9.17) is 9.15 Å². The van der Waals surface area contributed by atoms with Crippen molar-refractivity contribution >= 4 is 17.2 Å². The average Bonchev–Trinajstić information content (AvgIpc) is 3.21. The number of benzene rings is 1. The van der Waals surface area contributed by atoms with Crippen LogP contribution in [0.4, 0.5) is 0 Å². The zero-order chi connectivity index (χ0) is 16.7. The molecule has 3 aromatic rings. The fourth-order valence-corrected chi connectivity index (χ4v) is 3.94. The SMILES string of the molecule is Cc1ccc(C(C)NC(=O)c2cc3c(s2)-c2ccccc2OC3)o1. The lowest BCUT2D eigenvalue weighted by atomic mass is 10.1. The van der Waals surface area contributed by atoms with Crippen LogP contribution in [-0.2, 0) is 6.61 Å². The molecular weight excluding hydrogens is 322 g/mol. The zero-order valence-corrected chi connectivity index (χ0v) is 14.3. The molecule has 0 aliphatic carbocycles. The summed E-state index contributed by atoms with van der Waals surface area (Å²) in [5.74, 6) is 2.38. The highest BCUT2D eigenvalue weighted by molar-refractivity contribution is 7.17. The Morgan fingerprint density at radius 2 is 2.08 bits per heavy atom. The first kappa shape index (κ1) is 15.0. The minimum Gasteiger partial charge on any atom is -0.488 e. The van der Waals surface area contributed by atoms with Gasteiger partial charge in [-0.05, 0) is 44.2 Å². The van der Waals surface area contributed by atoms with E-state index in [9.17, 15) is 4.79 Å². The number of ether oxygens (including phenoxy) is 1. The van der Waals surface area contributed by atoms with Crippen LogP contribution in [0.3, 0.4) is 0 Å². The summed E-state index contributed by atoms with van der Waals surface area (Å²) < 4.78 is 11.3. The second-order valence-corrected chi connectivity index (χ2v) is 6.95. The van der Waals surface area contributed by atoms with Crippen LogP contribution in [0.15, 0.2) is 46.9 Å². The Morgan fingerprint density at radius 1 is 1.25 bits per heavy atom. The molecular formula is C19H17NO3S. The fraction of sp³-hybridized carbons (Fsp3) is 0.211. The van der Waals surface area contributed by atoms with E-state index < -0.39 is 0 Å². The molecule has 0 saturated heterocycles. The van der Waals surface area contributed by atoms with Gasteiger partial charge in [0, 0.05) is 16.0 Å². The van der Waals surface area contributed by atoms with Gasteiger partial charge in [-0.1, -0.05) is 12.1 Å². The van der Waals surface area contributed by atoms with Gasteiger partial charge >= 0.3 is 0 Å². The van der Waals surface area contributed by atoms with Crippen LogP contribution in [-0.4, -0.2) is 5.91 Å². The predicted octanol–water partition coefficient (Wildman–Crippen LogP) is 4.70. The minimum atomic E-state index is -0.172. The van der Waals surface area contributed by atoms with Crippen molar-refractivity contribution in [2.45, 2.75) is 26.5 Å². The molecule has 4 rings (SSSR count). The highest BCUT2D eigenvalue weighted by Crippen LogP contribution is 2.42. The Balaban J connectivity index is 1.58. The number of amides is 1. The maximum Gasteiger partial charge on any atom is 0.261 e.